The second-order valence-electron chi connectivity index (χ2n) is 3.98. The van der Waals surface area contributed by atoms with Gasteiger partial charge in [-0.25, -0.2) is 4.39 Å². The molecule has 0 atom stereocenters. The molecule has 0 fully saturated rings. The van der Waals surface area contributed by atoms with E-state index in [2.05, 4.69) is 5.32 Å². The van der Waals surface area contributed by atoms with Gasteiger partial charge in [0.25, 0.3) is 5.91 Å². The van der Waals surface area contributed by atoms with E-state index < -0.39 is 11.7 Å². The number of nitrogens with two attached hydrogens (primary N) is 1. The minimum absolute atomic E-state index is 0.00952. The first-order valence-corrected chi connectivity index (χ1v) is 6.10. The molecule has 0 saturated heterocycles. The second kappa shape index (κ2) is 5.79. The van der Waals surface area contributed by atoms with Crippen molar-refractivity contribution >= 4 is 28.9 Å². The first-order chi connectivity index (χ1) is 9.54. The molecule has 0 saturated carbocycles. The summed E-state index contributed by atoms with van der Waals surface area (Å²) in [6.07, 6.45) is 0. The van der Waals surface area contributed by atoms with Crippen LogP contribution in [0.3, 0.4) is 0 Å². The van der Waals surface area contributed by atoms with Crippen LogP contribution in [-0.4, -0.2) is 13.0 Å². The summed E-state index contributed by atoms with van der Waals surface area (Å²) in [6, 6.07) is 9.12. The molecule has 0 heterocycles. The van der Waals surface area contributed by atoms with E-state index in [0.29, 0.717) is 5.75 Å². The Labute approximate surface area is 120 Å². The lowest BCUT2D eigenvalue weighted by atomic mass is 10.1. The molecule has 0 bridgehead atoms. The lowest BCUT2D eigenvalue weighted by Crippen LogP contribution is -2.15. The predicted molar refractivity (Wildman–Crippen MR) is 76.8 cm³/mol. The maximum absolute atomic E-state index is 13.7. The van der Waals surface area contributed by atoms with Gasteiger partial charge in [-0.15, -0.1) is 0 Å². The van der Waals surface area contributed by atoms with Crippen molar-refractivity contribution in [3.63, 3.8) is 0 Å². The molecular formula is C14H12ClFN2O2. The van der Waals surface area contributed by atoms with Crippen molar-refractivity contribution in [3.8, 4) is 5.75 Å². The van der Waals surface area contributed by atoms with Gasteiger partial charge in [0.2, 0.25) is 0 Å². The Morgan fingerprint density at radius 1 is 1.30 bits per heavy atom. The highest BCUT2D eigenvalue weighted by Gasteiger charge is 2.15. The van der Waals surface area contributed by atoms with Crippen molar-refractivity contribution in [2.75, 3.05) is 18.2 Å². The van der Waals surface area contributed by atoms with Gasteiger partial charge in [0.05, 0.1) is 29.1 Å². The van der Waals surface area contributed by atoms with E-state index in [0.717, 1.165) is 0 Å². The molecule has 2 rings (SSSR count). The minimum atomic E-state index is -0.691. The topological polar surface area (TPSA) is 64.3 Å². The van der Waals surface area contributed by atoms with Crippen molar-refractivity contribution in [1.29, 1.82) is 0 Å². The molecule has 0 unspecified atom stereocenters. The van der Waals surface area contributed by atoms with Crippen LogP contribution < -0.4 is 15.8 Å². The summed E-state index contributed by atoms with van der Waals surface area (Å²) in [4.78, 5) is 12.1. The Balaban J connectivity index is 2.31. The van der Waals surface area contributed by atoms with Crippen LogP contribution in [0.15, 0.2) is 36.4 Å². The van der Waals surface area contributed by atoms with Gasteiger partial charge in [0.15, 0.2) is 5.82 Å². The van der Waals surface area contributed by atoms with Gasteiger partial charge < -0.3 is 15.8 Å². The molecule has 3 N–H and O–H groups in total. The molecule has 2 aromatic carbocycles. The summed E-state index contributed by atoms with van der Waals surface area (Å²) in [5, 5.41) is 2.36. The smallest absolute Gasteiger partial charge is 0.257 e. The number of methoxy groups -OCH3 is 1. The van der Waals surface area contributed by atoms with Crippen molar-refractivity contribution in [2.24, 2.45) is 0 Å². The summed E-state index contributed by atoms with van der Waals surface area (Å²) in [6.45, 7) is 0. The Bertz CT molecular complexity index is 662. The van der Waals surface area contributed by atoms with E-state index in [1.165, 1.54) is 31.4 Å². The molecule has 1 amide bonds. The van der Waals surface area contributed by atoms with Gasteiger partial charge in [-0.3, -0.25) is 4.79 Å². The molecule has 0 spiro atoms. The summed E-state index contributed by atoms with van der Waals surface area (Å²) in [5.41, 5.74) is 6.19. The zero-order valence-electron chi connectivity index (χ0n) is 10.6. The fourth-order valence-corrected chi connectivity index (χ4v) is 1.88. The van der Waals surface area contributed by atoms with Crippen LogP contribution in [0.2, 0.25) is 5.02 Å². The first kappa shape index (κ1) is 14.1. The summed E-state index contributed by atoms with van der Waals surface area (Å²) < 4.78 is 18.7. The van der Waals surface area contributed by atoms with E-state index >= 15 is 0 Å². The average Bonchev–Trinajstić information content (AvgIpc) is 2.44. The van der Waals surface area contributed by atoms with Crippen LogP contribution in [0, 0.1) is 5.82 Å². The molecule has 2 aromatic rings. The molecular weight excluding hydrogens is 283 g/mol. The number of amides is 1. The molecule has 6 heteroatoms. The highest BCUT2D eigenvalue weighted by atomic mass is 35.5. The second-order valence-corrected chi connectivity index (χ2v) is 4.38. The summed E-state index contributed by atoms with van der Waals surface area (Å²) in [7, 11) is 1.45. The van der Waals surface area contributed by atoms with Crippen LogP contribution in [0.1, 0.15) is 10.4 Å². The zero-order valence-corrected chi connectivity index (χ0v) is 11.4. The number of hydrogen-bond donors (Lipinski definition) is 2. The highest BCUT2D eigenvalue weighted by molar-refractivity contribution is 6.31. The molecule has 104 valence electrons. The van der Waals surface area contributed by atoms with Crippen molar-refractivity contribution in [1.82, 2.24) is 0 Å². The van der Waals surface area contributed by atoms with Crippen molar-refractivity contribution < 1.29 is 13.9 Å². The van der Waals surface area contributed by atoms with Crippen LogP contribution in [0.4, 0.5) is 15.8 Å². The third kappa shape index (κ3) is 2.67. The number of benzene rings is 2. The normalized spacial score (nSPS) is 10.2. The quantitative estimate of drug-likeness (QED) is 0.854. The molecule has 0 aromatic heterocycles. The van der Waals surface area contributed by atoms with Crippen LogP contribution in [0.5, 0.6) is 5.75 Å². The molecule has 0 aliphatic rings. The fourth-order valence-electron chi connectivity index (χ4n) is 1.71. The van der Waals surface area contributed by atoms with Gasteiger partial charge in [0, 0.05) is 0 Å². The van der Waals surface area contributed by atoms with Crippen molar-refractivity contribution in [3.05, 3.63) is 52.8 Å². The maximum atomic E-state index is 13.7. The average molecular weight is 295 g/mol. The van der Waals surface area contributed by atoms with Gasteiger partial charge in [-0.05, 0) is 24.3 Å². The van der Waals surface area contributed by atoms with E-state index in [1.807, 2.05) is 0 Å². The van der Waals surface area contributed by atoms with Crippen molar-refractivity contribution in [2.45, 2.75) is 0 Å². The van der Waals surface area contributed by atoms with E-state index in [4.69, 9.17) is 22.1 Å². The predicted octanol–water partition coefficient (Wildman–Crippen LogP) is 3.32. The largest absolute Gasteiger partial charge is 0.495 e. The minimum Gasteiger partial charge on any atom is -0.495 e. The highest BCUT2D eigenvalue weighted by Crippen LogP contribution is 2.27. The van der Waals surface area contributed by atoms with Crippen LogP contribution in [0.25, 0.3) is 0 Å². The van der Waals surface area contributed by atoms with E-state index in [1.54, 1.807) is 12.1 Å². The van der Waals surface area contributed by atoms with Gasteiger partial charge >= 0.3 is 0 Å². The van der Waals surface area contributed by atoms with E-state index in [-0.39, 0.29) is 22.0 Å². The van der Waals surface area contributed by atoms with E-state index in [9.17, 15) is 9.18 Å². The maximum Gasteiger partial charge on any atom is 0.257 e. The van der Waals surface area contributed by atoms with Gasteiger partial charge in [-0.1, -0.05) is 23.7 Å². The number of anilines is 2. The third-order valence-corrected chi connectivity index (χ3v) is 3.02. The molecule has 4 nitrogen and oxygen atoms in total. The number of halogens is 2. The van der Waals surface area contributed by atoms with Gasteiger partial charge in [0.1, 0.15) is 5.75 Å². The number of nitrogen functional groups attached to an aromatic ring is 1. The number of para-hydroxylation sites is 1. The third-order valence-electron chi connectivity index (χ3n) is 2.73. The molecule has 0 aliphatic heterocycles. The number of hydrogen-bond acceptors (Lipinski definition) is 3. The number of ether oxygens (including phenoxy) is 1. The Kier molecular flexibility index (Phi) is 4.10. The zero-order chi connectivity index (χ0) is 14.7. The SMILES string of the molecule is COc1cccc(C(=O)Nc2cccc(Cl)c2F)c1N. The fraction of sp³-hybridized carbons (Fsp3) is 0.0714. The monoisotopic (exact) mass is 294 g/mol. The van der Waals surface area contributed by atoms with Crippen LogP contribution >= 0.6 is 11.6 Å². The molecule has 0 radical (unpaired) electrons. The number of rotatable bonds is 3. The molecule has 20 heavy (non-hydrogen) atoms. The van der Waals surface area contributed by atoms with Gasteiger partial charge in [-0.2, -0.15) is 0 Å². The summed E-state index contributed by atoms with van der Waals surface area (Å²) >= 11 is 5.65. The Morgan fingerprint density at radius 3 is 2.70 bits per heavy atom. The van der Waals surface area contributed by atoms with Crippen LogP contribution in [-0.2, 0) is 0 Å². The first-order valence-electron chi connectivity index (χ1n) is 5.72. The number of carbonyl (C=O) groups is 1. The standard InChI is InChI=1S/C14H12ClFN2O2/c1-20-11-7-2-4-8(13(11)17)14(19)18-10-6-3-5-9(15)12(10)16/h2-7H,17H2,1H3,(H,18,19). The Hall–Kier alpha value is -2.27. The lowest BCUT2D eigenvalue weighted by molar-refractivity contribution is 0.102. The number of nitrogens with one attached hydrogen (secondary N) is 1. The molecule has 0 aliphatic carbocycles. The number of carbonyl (C=O) groups excluding carboxylic acids is 1. The summed E-state index contributed by atoms with van der Waals surface area (Å²) in [5.74, 6) is -0.851. The lowest BCUT2D eigenvalue weighted by Gasteiger charge is -2.11. The Morgan fingerprint density at radius 2 is 2.00 bits per heavy atom.